The summed E-state index contributed by atoms with van der Waals surface area (Å²) >= 11 is 3.37. The fourth-order valence-electron chi connectivity index (χ4n) is 2.46. The van der Waals surface area contributed by atoms with Gasteiger partial charge in [0.1, 0.15) is 11.5 Å². The summed E-state index contributed by atoms with van der Waals surface area (Å²) in [5.41, 5.74) is 1.55. The Hall–Kier alpha value is -2.31. The van der Waals surface area contributed by atoms with Gasteiger partial charge in [0.25, 0.3) is 10.0 Å². The number of halogens is 1. The molecule has 0 aromatic heterocycles. The molecule has 0 amide bonds. The van der Waals surface area contributed by atoms with E-state index >= 15 is 0 Å². The van der Waals surface area contributed by atoms with Gasteiger partial charge in [0, 0.05) is 4.47 Å². The van der Waals surface area contributed by atoms with Gasteiger partial charge >= 0.3 is 0 Å². The van der Waals surface area contributed by atoms with Crippen LogP contribution in [0.25, 0.3) is 0 Å². The third-order valence-corrected chi connectivity index (χ3v) is 5.74. The fourth-order valence-corrected chi connectivity index (χ4v) is 3.82. The summed E-state index contributed by atoms with van der Waals surface area (Å²) < 4.78 is 34.6. The first kappa shape index (κ1) is 18.5. The zero-order chi connectivity index (χ0) is 18.6. The maximum Gasteiger partial charge on any atom is 0.261 e. The average Bonchev–Trinajstić information content (AvgIpc) is 2.64. The lowest BCUT2D eigenvalue weighted by Gasteiger charge is -2.12. The first-order valence-electron chi connectivity index (χ1n) is 8.12. The maximum absolute atomic E-state index is 12.6. The molecule has 0 bridgehead atoms. The van der Waals surface area contributed by atoms with Crippen molar-refractivity contribution in [2.24, 2.45) is 0 Å². The van der Waals surface area contributed by atoms with E-state index in [-0.39, 0.29) is 4.90 Å². The van der Waals surface area contributed by atoms with Crippen molar-refractivity contribution in [1.29, 1.82) is 0 Å². The minimum atomic E-state index is -3.65. The Labute approximate surface area is 162 Å². The molecule has 3 aromatic carbocycles. The third-order valence-electron chi connectivity index (χ3n) is 3.83. The molecule has 0 spiro atoms. The molecule has 0 unspecified atom stereocenters. The van der Waals surface area contributed by atoms with Crippen LogP contribution in [0.5, 0.6) is 11.5 Å². The van der Waals surface area contributed by atoms with E-state index in [1.165, 1.54) is 12.1 Å². The molecule has 0 saturated carbocycles. The molecule has 0 heterocycles. The lowest BCUT2D eigenvalue weighted by atomic mass is 10.1. The van der Waals surface area contributed by atoms with Crippen molar-refractivity contribution in [1.82, 2.24) is 0 Å². The van der Waals surface area contributed by atoms with Crippen LogP contribution in [0.3, 0.4) is 0 Å². The predicted octanol–water partition coefficient (Wildman–Crippen LogP) is 5.60. The highest BCUT2D eigenvalue weighted by Gasteiger charge is 2.15. The van der Waals surface area contributed by atoms with Gasteiger partial charge in [-0.15, -0.1) is 0 Å². The first-order valence-corrected chi connectivity index (χ1v) is 10.4. The summed E-state index contributed by atoms with van der Waals surface area (Å²) in [5, 5.41) is 0. The summed E-state index contributed by atoms with van der Waals surface area (Å²) in [5.74, 6) is 1.25. The van der Waals surface area contributed by atoms with Gasteiger partial charge in [-0.2, -0.15) is 0 Å². The van der Waals surface area contributed by atoms with E-state index in [1.54, 1.807) is 18.2 Å². The molecule has 3 aromatic rings. The summed E-state index contributed by atoms with van der Waals surface area (Å²) in [6, 6.07) is 21.1. The summed E-state index contributed by atoms with van der Waals surface area (Å²) in [6.45, 7) is 1.99. The van der Waals surface area contributed by atoms with Gasteiger partial charge in [-0.3, -0.25) is 4.72 Å². The average molecular weight is 432 g/mol. The monoisotopic (exact) mass is 431 g/mol. The molecule has 0 atom stereocenters. The smallest absolute Gasteiger partial charge is 0.261 e. The van der Waals surface area contributed by atoms with E-state index < -0.39 is 10.0 Å². The van der Waals surface area contributed by atoms with E-state index in [0.29, 0.717) is 17.2 Å². The Morgan fingerprint density at radius 2 is 1.46 bits per heavy atom. The number of ether oxygens (including phenoxy) is 1. The molecule has 0 aliphatic heterocycles. The van der Waals surface area contributed by atoms with Gasteiger partial charge in [0.15, 0.2) is 0 Å². The van der Waals surface area contributed by atoms with Gasteiger partial charge in [-0.1, -0.05) is 41.1 Å². The molecule has 1 N–H and O–H groups in total. The summed E-state index contributed by atoms with van der Waals surface area (Å²) in [7, 11) is -3.65. The molecular formula is C20H18BrNO3S. The van der Waals surface area contributed by atoms with Gasteiger partial charge in [0.05, 0.1) is 10.6 Å². The van der Waals surface area contributed by atoms with Crippen molar-refractivity contribution in [3.05, 3.63) is 82.8 Å². The SMILES string of the molecule is CCc1ccccc1NS(=O)(=O)c1ccc(Oc2ccc(Br)cc2)cc1. The van der Waals surface area contributed by atoms with Gasteiger partial charge in [-0.05, 0) is 66.6 Å². The highest BCUT2D eigenvalue weighted by atomic mass is 79.9. The molecule has 0 radical (unpaired) electrons. The quantitative estimate of drug-likeness (QED) is 0.551. The number of nitrogens with one attached hydrogen (secondary N) is 1. The molecule has 3 rings (SSSR count). The number of sulfonamides is 1. The van der Waals surface area contributed by atoms with Crippen LogP contribution in [0.15, 0.2) is 82.2 Å². The molecule has 0 fully saturated rings. The van der Waals surface area contributed by atoms with E-state index in [4.69, 9.17) is 4.74 Å². The van der Waals surface area contributed by atoms with Crippen LogP contribution in [-0.4, -0.2) is 8.42 Å². The highest BCUT2D eigenvalue weighted by Crippen LogP contribution is 2.26. The van der Waals surface area contributed by atoms with Gasteiger partial charge in [-0.25, -0.2) is 8.42 Å². The number of hydrogen-bond acceptors (Lipinski definition) is 3. The molecular weight excluding hydrogens is 414 g/mol. The Bertz CT molecular complexity index is 984. The van der Waals surface area contributed by atoms with Crippen molar-refractivity contribution in [3.63, 3.8) is 0 Å². The zero-order valence-corrected chi connectivity index (χ0v) is 16.5. The standard InChI is InChI=1S/C20H18BrNO3S/c1-2-15-5-3-4-6-20(15)22-26(23,24)19-13-11-18(12-14-19)25-17-9-7-16(21)8-10-17/h3-14,22H,2H2,1H3. The Morgan fingerprint density at radius 3 is 2.08 bits per heavy atom. The second-order valence-electron chi connectivity index (χ2n) is 5.64. The number of benzene rings is 3. The van der Waals surface area contributed by atoms with E-state index in [9.17, 15) is 8.42 Å². The second-order valence-corrected chi connectivity index (χ2v) is 8.24. The number of para-hydroxylation sites is 1. The fraction of sp³-hybridized carbons (Fsp3) is 0.100. The number of hydrogen-bond donors (Lipinski definition) is 1. The van der Waals surface area contributed by atoms with Crippen molar-refractivity contribution in [2.45, 2.75) is 18.2 Å². The molecule has 4 nitrogen and oxygen atoms in total. The van der Waals surface area contributed by atoms with E-state index in [0.717, 1.165) is 16.5 Å². The minimum absolute atomic E-state index is 0.187. The molecule has 26 heavy (non-hydrogen) atoms. The molecule has 0 aliphatic rings. The Morgan fingerprint density at radius 1 is 0.885 bits per heavy atom. The zero-order valence-electron chi connectivity index (χ0n) is 14.1. The lowest BCUT2D eigenvalue weighted by Crippen LogP contribution is -2.14. The highest BCUT2D eigenvalue weighted by molar-refractivity contribution is 9.10. The molecule has 134 valence electrons. The topological polar surface area (TPSA) is 55.4 Å². The third kappa shape index (κ3) is 4.45. The normalized spacial score (nSPS) is 11.2. The van der Waals surface area contributed by atoms with Crippen LogP contribution < -0.4 is 9.46 Å². The minimum Gasteiger partial charge on any atom is -0.457 e. The van der Waals surface area contributed by atoms with Gasteiger partial charge in [0.2, 0.25) is 0 Å². The number of rotatable bonds is 6. The first-order chi connectivity index (χ1) is 12.5. The number of aryl methyl sites for hydroxylation is 1. The Kier molecular flexibility index (Phi) is 5.64. The van der Waals surface area contributed by atoms with Gasteiger partial charge < -0.3 is 4.74 Å². The molecule has 0 aliphatic carbocycles. The maximum atomic E-state index is 12.6. The second kappa shape index (κ2) is 7.93. The van der Waals surface area contributed by atoms with Crippen LogP contribution >= 0.6 is 15.9 Å². The van der Waals surface area contributed by atoms with Crippen molar-refractivity contribution >= 4 is 31.6 Å². The van der Waals surface area contributed by atoms with Crippen LogP contribution in [0.2, 0.25) is 0 Å². The predicted molar refractivity (Wildman–Crippen MR) is 107 cm³/mol. The van der Waals surface area contributed by atoms with Crippen molar-refractivity contribution in [3.8, 4) is 11.5 Å². The summed E-state index contributed by atoms with van der Waals surface area (Å²) in [4.78, 5) is 0.187. The molecule has 0 saturated heterocycles. The van der Waals surface area contributed by atoms with Crippen molar-refractivity contribution < 1.29 is 13.2 Å². The van der Waals surface area contributed by atoms with Crippen LogP contribution in [0, 0.1) is 0 Å². The van der Waals surface area contributed by atoms with E-state index in [2.05, 4.69) is 20.7 Å². The Balaban J connectivity index is 1.77. The van der Waals surface area contributed by atoms with E-state index in [1.807, 2.05) is 49.4 Å². The largest absolute Gasteiger partial charge is 0.457 e. The number of anilines is 1. The molecule has 6 heteroatoms. The lowest BCUT2D eigenvalue weighted by molar-refractivity contribution is 0.482. The van der Waals surface area contributed by atoms with Crippen molar-refractivity contribution in [2.75, 3.05) is 4.72 Å². The van der Waals surface area contributed by atoms with Crippen LogP contribution in [-0.2, 0) is 16.4 Å². The van der Waals surface area contributed by atoms with Crippen LogP contribution in [0.1, 0.15) is 12.5 Å². The van der Waals surface area contributed by atoms with Crippen LogP contribution in [0.4, 0.5) is 5.69 Å². The summed E-state index contributed by atoms with van der Waals surface area (Å²) in [6.07, 6.45) is 0.749.